The quantitative estimate of drug-likeness (QED) is 0.273. The molecule has 170 valence electrons. The zero-order valence-electron chi connectivity index (χ0n) is 18.5. The van der Waals surface area contributed by atoms with E-state index < -0.39 is 6.61 Å². The standard InChI is InChI=1S/C29H27F3O/c1-2-3-4-20-5-10-22(11-6-20)24-15-18-27-25(19-24)14-13-23(28(27)30)12-7-21-8-16-26(17-9-21)33-29(31)32/h2,8-9,13-20,22,29H,1,3-6,10-11H2. The van der Waals surface area contributed by atoms with Crippen molar-refractivity contribution in [2.75, 3.05) is 0 Å². The van der Waals surface area contributed by atoms with Gasteiger partial charge in [-0.1, -0.05) is 42.2 Å². The first kappa shape index (κ1) is 23.0. The van der Waals surface area contributed by atoms with Gasteiger partial charge in [0.15, 0.2) is 0 Å². The van der Waals surface area contributed by atoms with Crippen molar-refractivity contribution in [3.8, 4) is 17.6 Å². The fourth-order valence-electron chi connectivity index (χ4n) is 4.66. The Morgan fingerprint density at radius 1 is 0.970 bits per heavy atom. The van der Waals surface area contributed by atoms with Gasteiger partial charge >= 0.3 is 6.61 Å². The largest absolute Gasteiger partial charge is 0.435 e. The SMILES string of the molecule is C=CCCC1CCC(c2ccc3c(F)c(C#Cc4ccc(OC(F)F)cc4)ccc3c2)CC1. The highest BCUT2D eigenvalue weighted by Crippen LogP contribution is 2.38. The lowest BCUT2D eigenvalue weighted by Gasteiger charge is -2.28. The number of hydrogen-bond donors (Lipinski definition) is 0. The lowest BCUT2D eigenvalue weighted by molar-refractivity contribution is -0.0498. The molecule has 0 unspecified atom stereocenters. The lowest BCUT2D eigenvalue weighted by atomic mass is 9.77. The molecule has 0 heterocycles. The maximum Gasteiger partial charge on any atom is 0.387 e. The predicted octanol–water partition coefficient (Wildman–Crippen LogP) is 8.22. The molecular formula is C29H27F3O. The molecule has 1 aliphatic rings. The van der Waals surface area contributed by atoms with Gasteiger partial charge in [-0.25, -0.2) is 4.39 Å². The van der Waals surface area contributed by atoms with E-state index in [1.165, 1.54) is 49.8 Å². The first-order chi connectivity index (χ1) is 16.0. The second-order valence-electron chi connectivity index (χ2n) is 8.64. The van der Waals surface area contributed by atoms with E-state index >= 15 is 4.39 Å². The van der Waals surface area contributed by atoms with Gasteiger partial charge in [0.25, 0.3) is 0 Å². The maximum atomic E-state index is 15.1. The van der Waals surface area contributed by atoms with Crippen molar-refractivity contribution >= 4 is 10.8 Å². The molecule has 0 atom stereocenters. The maximum absolute atomic E-state index is 15.1. The number of benzene rings is 3. The Labute approximate surface area is 193 Å². The highest BCUT2D eigenvalue weighted by molar-refractivity contribution is 5.85. The minimum atomic E-state index is -2.87. The van der Waals surface area contributed by atoms with Crippen molar-refractivity contribution in [3.63, 3.8) is 0 Å². The number of rotatable bonds is 6. The summed E-state index contributed by atoms with van der Waals surface area (Å²) in [5.41, 5.74) is 2.19. The Morgan fingerprint density at radius 2 is 1.73 bits per heavy atom. The Kier molecular flexibility index (Phi) is 7.40. The van der Waals surface area contributed by atoms with Gasteiger partial charge in [-0.3, -0.25) is 0 Å². The minimum absolute atomic E-state index is 0.0634. The Bertz CT molecular complexity index is 1160. The summed E-state index contributed by atoms with van der Waals surface area (Å²) in [6.07, 6.45) is 9.18. The van der Waals surface area contributed by atoms with Crippen molar-refractivity contribution in [2.45, 2.75) is 51.1 Å². The zero-order chi connectivity index (χ0) is 23.2. The molecule has 1 nitrogen and oxygen atoms in total. The Hall–Kier alpha value is -3.19. The molecule has 0 spiro atoms. The molecule has 0 saturated heterocycles. The van der Waals surface area contributed by atoms with Crippen LogP contribution in [0.1, 0.15) is 61.1 Å². The van der Waals surface area contributed by atoms with Crippen LogP contribution in [0.15, 0.2) is 67.3 Å². The molecule has 33 heavy (non-hydrogen) atoms. The highest BCUT2D eigenvalue weighted by Gasteiger charge is 2.22. The third kappa shape index (κ3) is 5.79. The summed E-state index contributed by atoms with van der Waals surface area (Å²) >= 11 is 0. The molecule has 0 aliphatic heterocycles. The summed E-state index contributed by atoms with van der Waals surface area (Å²) in [6.45, 7) is 0.953. The summed E-state index contributed by atoms with van der Waals surface area (Å²) in [5.74, 6) is 6.81. The summed E-state index contributed by atoms with van der Waals surface area (Å²) in [6, 6.07) is 15.6. The van der Waals surface area contributed by atoms with Gasteiger partial charge in [0, 0.05) is 10.9 Å². The monoisotopic (exact) mass is 448 g/mol. The van der Waals surface area contributed by atoms with Gasteiger partial charge in [-0.15, -0.1) is 6.58 Å². The van der Waals surface area contributed by atoms with Gasteiger partial charge in [-0.05, 0) is 91.6 Å². The van der Waals surface area contributed by atoms with Crippen LogP contribution in [0.5, 0.6) is 5.75 Å². The number of hydrogen-bond acceptors (Lipinski definition) is 1. The van der Waals surface area contributed by atoms with E-state index in [9.17, 15) is 8.78 Å². The van der Waals surface area contributed by atoms with Crippen molar-refractivity contribution in [1.82, 2.24) is 0 Å². The van der Waals surface area contributed by atoms with Crippen LogP contribution in [0.2, 0.25) is 0 Å². The van der Waals surface area contributed by atoms with Crippen LogP contribution in [-0.2, 0) is 0 Å². The molecule has 0 N–H and O–H groups in total. The molecule has 0 bridgehead atoms. The van der Waals surface area contributed by atoms with Crippen LogP contribution >= 0.6 is 0 Å². The number of ether oxygens (including phenoxy) is 1. The van der Waals surface area contributed by atoms with Crippen molar-refractivity contribution in [1.29, 1.82) is 0 Å². The Balaban J connectivity index is 1.48. The third-order valence-electron chi connectivity index (χ3n) is 6.50. The molecule has 0 amide bonds. The number of halogens is 3. The van der Waals surface area contributed by atoms with E-state index in [4.69, 9.17) is 0 Å². The predicted molar refractivity (Wildman–Crippen MR) is 127 cm³/mol. The van der Waals surface area contributed by atoms with Crippen LogP contribution in [-0.4, -0.2) is 6.61 Å². The van der Waals surface area contributed by atoms with E-state index in [0.29, 0.717) is 22.4 Å². The van der Waals surface area contributed by atoms with Crippen LogP contribution in [0, 0.1) is 23.6 Å². The normalized spacial score (nSPS) is 18.1. The molecule has 3 aromatic rings. The highest BCUT2D eigenvalue weighted by atomic mass is 19.3. The molecule has 4 rings (SSSR count). The van der Waals surface area contributed by atoms with E-state index in [-0.39, 0.29) is 11.6 Å². The summed E-state index contributed by atoms with van der Waals surface area (Å²) in [5, 5.41) is 1.45. The fraction of sp³-hybridized carbons (Fsp3) is 0.310. The smallest absolute Gasteiger partial charge is 0.387 e. The number of fused-ring (bicyclic) bond motifs is 1. The van der Waals surface area contributed by atoms with Crippen LogP contribution in [0.3, 0.4) is 0 Å². The van der Waals surface area contributed by atoms with Gasteiger partial charge in [-0.2, -0.15) is 8.78 Å². The zero-order valence-corrected chi connectivity index (χ0v) is 18.5. The number of allylic oxidation sites excluding steroid dienone is 1. The summed E-state index contributed by atoms with van der Waals surface area (Å²) in [4.78, 5) is 0. The van der Waals surface area contributed by atoms with Gasteiger partial charge in [0.2, 0.25) is 0 Å². The topological polar surface area (TPSA) is 9.23 Å². The van der Waals surface area contributed by atoms with Gasteiger partial charge in [0.1, 0.15) is 11.6 Å². The summed E-state index contributed by atoms with van der Waals surface area (Å²) < 4.78 is 43.9. The fourth-order valence-corrected chi connectivity index (χ4v) is 4.66. The van der Waals surface area contributed by atoms with E-state index in [0.717, 1.165) is 17.7 Å². The van der Waals surface area contributed by atoms with Gasteiger partial charge in [0.05, 0.1) is 5.56 Å². The molecule has 0 radical (unpaired) electrons. The lowest BCUT2D eigenvalue weighted by Crippen LogP contribution is -2.13. The molecule has 0 aromatic heterocycles. The second kappa shape index (κ2) is 10.6. The summed E-state index contributed by atoms with van der Waals surface area (Å²) in [7, 11) is 0. The average Bonchev–Trinajstić information content (AvgIpc) is 2.83. The molecule has 3 aromatic carbocycles. The average molecular weight is 449 g/mol. The molecule has 4 heteroatoms. The second-order valence-corrected chi connectivity index (χ2v) is 8.64. The Morgan fingerprint density at radius 3 is 2.42 bits per heavy atom. The molecule has 1 saturated carbocycles. The van der Waals surface area contributed by atoms with Crippen LogP contribution in [0.25, 0.3) is 10.8 Å². The van der Waals surface area contributed by atoms with E-state index in [1.807, 2.05) is 18.2 Å². The molecular weight excluding hydrogens is 421 g/mol. The molecule has 1 aliphatic carbocycles. The van der Waals surface area contributed by atoms with Gasteiger partial charge < -0.3 is 4.74 Å². The van der Waals surface area contributed by atoms with E-state index in [2.05, 4.69) is 35.3 Å². The third-order valence-corrected chi connectivity index (χ3v) is 6.50. The minimum Gasteiger partial charge on any atom is -0.435 e. The van der Waals surface area contributed by atoms with Crippen LogP contribution < -0.4 is 4.74 Å². The number of alkyl halides is 2. The van der Waals surface area contributed by atoms with Crippen molar-refractivity contribution in [3.05, 3.63) is 89.8 Å². The van der Waals surface area contributed by atoms with E-state index in [1.54, 1.807) is 18.2 Å². The molecule has 1 fully saturated rings. The first-order valence-electron chi connectivity index (χ1n) is 11.4. The van der Waals surface area contributed by atoms with Crippen molar-refractivity contribution < 1.29 is 17.9 Å². The van der Waals surface area contributed by atoms with Crippen LogP contribution in [0.4, 0.5) is 13.2 Å². The first-order valence-corrected chi connectivity index (χ1v) is 11.4. The van der Waals surface area contributed by atoms with Crippen molar-refractivity contribution in [2.24, 2.45) is 5.92 Å².